The second-order valence-corrected chi connectivity index (χ2v) is 6.24. The minimum absolute atomic E-state index is 0.763. The van der Waals surface area contributed by atoms with Crippen LogP contribution in [0.15, 0.2) is 16.6 Å². The summed E-state index contributed by atoms with van der Waals surface area (Å²) in [5, 5.41) is 0. The normalized spacial score (nSPS) is 21.0. The number of aryl methyl sites for hydroxylation is 1. The van der Waals surface area contributed by atoms with Gasteiger partial charge in [-0.3, -0.25) is 0 Å². The third kappa shape index (κ3) is 3.45. The standard InChI is InChI=1S/C14H22BrN3/c1-11-13(15)6-7-14(16-11)18(3)10-12-5-4-8-17(2)9-12/h6-7,12H,4-5,8-10H2,1-3H3. The monoisotopic (exact) mass is 311 g/mol. The van der Waals surface area contributed by atoms with E-state index in [1.165, 1.54) is 25.9 Å². The van der Waals surface area contributed by atoms with Crippen LogP contribution in [0, 0.1) is 12.8 Å². The molecule has 1 saturated heterocycles. The van der Waals surface area contributed by atoms with Gasteiger partial charge in [-0.25, -0.2) is 4.98 Å². The lowest BCUT2D eigenvalue weighted by Gasteiger charge is -2.32. The molecule has 0 bridgehead atoms. The van der Waals surface area contributed by atoms with Crippen LogP contribution in [0.25, 0.3) is 0 Å². The fraction of sp³-hybridized carbons (Fsp3) is 0.643. The van der Waals surface area contributed by atoms with E-state index in [0.717, 1.165) is 28.4 Å². The summed E-state index contributed by atoms with van der Waals surface area (Å²) < 4.78 is 1.08. The predicted octanol–water partition coefficient (Wildman–Crippen LogP) is 2.93. The van der Waals surface area contributed by atoms with Gasteiger partial charge in [-0.1, -0.05) is 0 Å². The Kier molecular flexibility index (Phi) is 4.62. The molecule has 1 fully saturated rings. The third-order valence-electron chi connectivity index (χ3n) is 3.65. The highest BCUT2D eigenvalue weighted by Crippen LogP contribution is 2.21. The number of likely N-dealkylation sites (tertiary alicyclic amines) is 1. The maximum absolute atomic E-state index is 4.62. The van der Waals surface area contributed by atoms with Gasteiger partial charge in [0.25, 0.3) is 0 Å². The zero-order chi connectivity index (χ0) is 13.1. The van der Waals surface area contributed by atoms with Crippen LogP contribution in [0.4, 0.5) is 5.82 Å². The van der Waals surface area contributed by atoms with Crippen LogP contribution < -0.4 is 4.90 Å². The topological polar surface area (TPSA) is 19.4 Å². The van der Waals surface area contributed by atoms with Crippen LogP contribution in [0.2, 0.25) is 0 Å². The van der Waals surface area contributed by atoms with Crippen LogP contribution >= 0.6 is 15.9 Å². The molecule has 0 aromatic carbocycles. The Morgan fingerprint density at radius 1 is 1.50 bits per heavy atom. The van der Waals surface area contributed by atoms with Gasteiger partial charge in [-0.05, 0) is 67.3 Å². The molecule has 3 nitrogen and oxygen atoms in total. The van der Waals surface area contributed by atoms with Crippen molar-refractivity contribution in [2.75, 3.05) is 38.6 Å². The minimum atomic E-state index is 0.763. The first kappa shape index (κ1) is 13.8. The number of rotatable bonds is 3. The number of hydrogen-bond acceptors (Lipinski definition) is 3. The number of aromatic nitrogens is 1. The van der Waals surface area contributed by atoms with Crippen molar-refractivity contribution in [3.63, 3.8) is 0 Å². The minimum Gasteiger partial charge on any atom is -0.359 e. The molecule has 0 radical (unpaired) electrons. The fourth-order valence-corrected chi connectivity index (χ4v) is 2.87. The fourth-order valence-electron chi connectivity index (χ4n) is 2.65. The van der Waals surface area contributed by atoms with Crippen molar-refractivity contribution >= 4 is 21.7 Å². The number of piperidine rings is 1. The number of halogens is 1. The van der Waals surface area contributed by atoms with Crippen molar-refractivity contribution in [1.29, 1.82) is 0 Å². The molecule has 1 aliphatic heterocycles. The van der Waals surface area contributed by atoms with E-state index >= 15 is 0 Å². The highest BCUT2D eigenvalue weighted by atomic mass is 79.9. The van der Waals surface area contributed by atoms with E-state index in [9.17, 15) is 0 Å². The molecule has 2 rings (SSSR count). The van der Waals surface area contributed by atoms with Crippen LogP contribution in [0.1, 0.15) is 18.5 Å². The summed E-state index contributed by atoms with van der Waals surface area (Å²) in [6, 6.07) is 4.17. The highest BCUT2D eigenvalue weighted by molar-refractivity contribution is 9.10. The molecule has 0 N–H and O–H groups in total. The molecule has 1 unspecified atom stereocenters. The number of pyridine rings is 1. The first-order chi connectivity index (χ1) is 8.56. The Hall–Kier alpha value is -0.610. The van der Waals surface area contributed by atoms with Gasteiger partial charge in [0.2, 0.25) is 0 Å². The zero-order valence-corrected chi connectivity index (χ0v) is 13.1. The molecular formula is C14H22BrN3. The molecule has 4 heteroatoms. The molecule has 0 spiro atoms. The Labute approximate surface area is 118 Å². The van der Waals surface area contributed by atoms with E-state index < -0.39 is 0 Å². The molecule has 1 aromatic heterocycles. The van der Waals surface area contributed by atoms with Crippen molar-refractivity contribution in [2.45, 2.75) is 19.8 Å². The summed E-state index contributed by atoms with van der Waals surface area (Å²) >= 11 is 3.50. The summed E-state index contributed by atoms with van der Waals surface area (Å²) in [5.41, 5.74) is 1.06. The van der Waals surface area contributed by atoms with Gasteiger partial charge in [0, 0.05) is 24.6 Å². The van der Waals surface area contributed by atoms with E-state index in [0.29, 0.717) is 0 Å². The van der Waals surface area contributed by atoms with E-state index in [4.69, 9.17) is 0 Å². The Balaban J connectivity index is 1.98. The van der Waals surface area contributed by atoms with Crippen molar-refractivity contribution in [1.82, 2.24) is 9.88 Å². The van der Waals surface area contributed by atoms with Gasteiger partial charge in [0.05, 0.1) is 5.69 Å². The van der Waals surface area contributed by atoms with Crippen molar-refractivity contribution in [3.05, 3.63) is 22.3 Å². The second kappa shape index (κ2) is 6.02. The van der Waals surface area contributed by atoms with Crippen LogP contribution in [0.5, 0.6) is 0 Å². The molecule has 1 atom stereocenters. The van der Waals surface area contributed by atoms with Crippen LogP contribution in [0.3, 0.4) is 0 Å². The van der Waals surface area contributed by atoms with E-state index in [-0.39, 0.29) is 0 Å². The smallest absolute Gasteiger partial charge is 0.128 e. The lowest BCUT2D eigenvalue weighted by molar-refractivity contribution is 0.213. The molecule has 0 saturated carbocycles. The molecule has 18 heavy (non-hydrogen) atoms. The Morgan fingerprint density at radius 2 is 2.28 bits per heavy atom. The maximum atomic E-state index is 4.62. The lowest BCUT2D eigenvalue weighted by Crippen LogP contribution is -2.38. The summed E-state index contributed by atoms with van der Waals surface area (Å²) in [6.07, 6.45) is 2.66. The number of nitrogens with zero attached hydrogens (tertiary/aromatic N) is 3. The van der Waals surface area contributed by atoms with Crippen molar-refractivity contribution in [3.8, 4) is 0 Å². The first-order valence-electron chi connectivity index (χ1n) is 6.59. The maximum Gasteiger partial charge on any atom is 0.128 e. The second-order valence-electron chi connectivity index (χ2n) is 5.39. The SMILES string of the molecule is Cc1nc(N(C)CC2CCCN(C)C2)ccc1Br. The van der Waals surface area contributed by atoms with Gasteiger partial charge >= 0.3 is 0 Å². The molecule has 1 aliphatic rings. The van der Waals surface area contributed by atoms with E-state index in [1.54, 1.807) is 0 Å². The summed E-state index contributed by atoms with van der Waals surface area (Å²) in [7, 11) is 4.36. The van der Waals surface area contributed by atoms with E-state index in [2.05, 4.69) is 56.9 Å². The molecule has 100 valence electrons. The average molecular weight is 312 g/mol. The van der Waals surface area contributed by atoms with Gasteiger partial charge in [0.1, 0.15) is 5.82 Å². The predicted molar refractivity (Wildman–Crippen MR) is 80.2 cm³/mol. The number of anilines is 1. The molecular weight excluding hydrogens is 290 g/mol. The molecule has 0 amide bonds. The van der Waals surface area contributed by atoms with Gasteiger partial charge in [-0.15, -0.1) is 0 Å². The Morgan fingerprint density at radius 3 is 2.94 bits per heavy atom. The number of hydrogen-bond donors (Lipinski definition) is 0. The van der Waals surface area contributed by atoms with Gasteiger partial charge < -0.3 is 9.80 Å². The van der Waals surface area contributed by atoms with Crippen molar-refractivity contribution in [2.24, 2.45) is 5.92 Å². The molecule has 1 aromatic rings. The largest absolute Gasteiger partial charge is 0.359 e. The molecule has 2 heterocycles. The van der Waals surface area contributed by atoms with Crippen molar-refractivity contribution < 1.29 is 0 Å². The van der Waals surface area contributed by atoms with Crippen LogP contribution in [-0.4, -0.2) is 43.6 Å². The van der Waals surface area contributed by atoms with Gasteiger partial charge in [0.15, 0.2) is 0 Å². The average Bonchev–Trinajstić information content (AvgIpc) is 2.32. The highest BCUT2D eigenvalue weighted by Gasteiger charge is 2.19. The lowest BCUT2D eigenvalue weighted by atomic mass is 9.98. The van der Waals surface area contributed by atoms with Gasteiger partial charge in [-0.2, -0.15) is 0 Å². The first-order valence-corrected chi connectivity index (χ1v) is 7.38. The summed E-state index contributed by atoms with van der Waals surface area (Å²) in [5.74, 6) is 1.84. The molecule has 0 aliphatic carbocycles. The quantitative estimate of drug-likeness (QED) is 0.855. The summed E-state index contributed by atoms with van der Waals surface area (Å²) in [6.45, 7) is 5.59. The van der Waals surface area contributed by atoms with Crippen LogP contribution in [-0.2, 0) is 0 Å². The zero-order valence-electron chi connectivity index (χ0n) is 11.5. The Bertz CT molecular complexity index is 408. The van der Waals surface area contributed by atoms with E-state index in [1.807, 2.05) is 6.92 Å². The summed E-state index contributed by atoms with van der Waals surface area (Å²) in [4.78, 5) is 9.34. The third-order valence-corrected chi connectivity index (χ3v) is 4.49.